The van der Waals surface area contributed by atoms with Crippen molar-refractivity contribution < 1.29 is 24.0 Å². The minimum absolute atomic E-state index is 0.00941. The number of nitro groups is 1. The van der Waals surface area contributed by atoms with Gasteiger partial charge >= 0.3 is 5.97 Å². The van der Waals surface area contributed by atoms with Crippen molar-refractivity contribution in [3.8, 4) is 0 Å². The first-order chi connectivity index (χ1) is 13.8. The standard InChI is InChI=1S/C19H17N3O6S/c1-11(18(24)21-13-4-2-3-5-15(13)22(26)27)28-19(25)12-6-7-16-14(10-12)20-17(23)8-9-29-16/h2-7,10-11H,8-9H2,1H3,(H,20,23)(H,21,24)/t11-/m0/s1. The second-order valence-corrected chi connectivity index (χ2v) is 7.31. The number of thioether (sulfide) groups is 1. The van der Waals surface area contributed by atoms with Crippen LogP contribution in [-0.2, 0) is 14.3 Å². The van der Waals surface area contributed by atoms with Crippen molar-refractivity contribution in [1.82, 2.24) is 0 Å². The third-order valence-electron chi connectivity index (χ3n) is 4.09. The van der Waals surface area contributed by atoms with E-state index < -0.39 is 22.9 Å². The van der Waals surface area contributed by atoms with Gasteiger partial charge in [0.05, 0.1) is 16.2 Å². The van der Waals surface area contributed by atoms with Gasteiger partial charge in [0.15, 0.2) is 6.10 Å². The first kappa shape index (κ1) is 20.3. The Balaban J connectivity index is 1.68. The van der Waals surface area contributed by atoms with E-state index >= 15 is 0 Å². The molecule has 0 radical (unpaired) electrons. The summed E-state index contributed by atoms with van der Waals surface area (Å²) < 4.78 is 5.18. The van der Waals surface area contributed by atoms with Crippen molar-refractivity contribution in [3.63, 3.8) is 0 Å². The van der Waals surface area contributed by atoms with Gasteiger partial charge in [-0.1, -0.05) is 12.1 Å². The molecule has 2 aromatic rings. The Hall–Kier alpha value is -3.40. The summed E-state index contributed by atoms with van der Waals surface area (Å²) in [6.07, 6.45) is -0.813. The van der Waals surface area contributed by atoms with Gasteiger partial charge in [-0.25, -0.2) is 4.79 Å². The van der Waals surface area contributed by atoms with Crippen LogP contribution in [0, 0.1) is 10.1 Å². The molecule has 1 heterocycles. The average molecular weight is 415 g/mol. The highest BCUT2D eigenvalue weighted by Gasteiger charge is 2.23. The van der Waals surface area contributed by atoms with Gasteiger partial charge in [-0.05, 0) is 31.2 Å². The van der Waals surface area contributed by atoms with Gasteiger partial charge in [0.2, 0.25) is 5.91 Å². The third-order valence-corrected chi connectivity index (χ3v) is 5.16. The van der Waals surface area contributed by atoms with Gasteiger partial charge in [0, 0.05) is 23.1 Å². The number of esters is 1. The van der Waals surface area contributed by atoms with E-state index in [1.165, 1.54) is 43.0 Å². The van der Waals surface area contributed by atoms with Crippen molar-refractivity contribution in [2.75, 3.05) is 16.4 Å². The molecule has 0 aliphatic carbocycles. The van der Waals surface area contributed by atoms with Gasteiger partial charge in [-0.3, -0.25) is 19.7 Å². The zero-order chi connectivity index (χ0) is 21.0. The third kappa shape index (κ3) is 4.91. The molecule has 3 rings (SSSR count). The Kier molecular flexibility index (Phi) is 6.13. The van der Waals surface area contributed by atoms with Crippen LogP contribution in [0.3, 0.4) is 0 Å². The summed E-state index contributed by atoms with van der Waals surface area (Å²) in [5, 5.41) is 16.2. The minimum Gasteiger partial charge on any atom is -0.449 e. The van der Waals surface area contributed by atoms with Crippen LogP contribution in [-0.4, -0.2) is 34.6 Å². The topological polar surface area (TPSA) is 128 Å². The molecule has 0 aromatic heterocycles. The van der Waals surface area contributed by atoms with E-state index in [2.05, 4.69) is 10.6 Å². The molecule has 0 bridgehead atoms. The molecule has 9 nitrogen and oxygen atoms in total. The van der Waals surface area contributed by atoms with Gasteiger partial charge in [0.1, 0.15) is 5.69 Å². The highest BCUT2D eigenvalue weighted by Crippen LogP contribution is 2.31. The van der Waals surface area contributed by atoms with Crippen molar-refractivity contribution in [2.24, 2.45) is 0 Å². The molecular weight excluding hydrogens is 398 g/mol. The van der Waals surface area contributed by atoms with Crippen molar-refractivity contribution >= 4 is 46.6 Å². The first-order valence-corrected chi connectivity index (χ1v) is 9.65. The van der Waals surface area contributed by atoms with Crippen LogP contribution < -0.4 is 10.6 Å². The number of hydrogen-bond acceptors (Lipinski definition) is 7. The number of carbonyl (C=O) groups is 3. The minimum atomic E-state index is -1.19. The van der Waals surface area contributed by atoms with Crippen LogP contribution in [0.5, 0.6) is 0 Å². The van der Waals surface area contributed by atoms with Crippen LogP contribution in [0.2, 0.25) is 0 Å². The maximum Gasteiger partial charge on any atom is 0.338 e. The van der Waals surface area contributed by atoms with Gasteiger partial charge < -0.3 is 15.4 Å². The van der Waals surface area contributed by atoms with E-state index in [4.69, 9.17) is 4.74 Å². The lowest BCUT2D eigenvalue weighted by Crippen LogP contribution is -2.30. The number of fused-ring (bicyclic) bond motifs is 1. The van der Waals surface area contributed by atoms with Gasteiger partial charge in [-0.2, -0.15) is 0 Å². The highest BCUT2D eigenvalue weighted by molar-refractivity contribution is 7.99. The number of nitrogens with zero attached hydrogens (tertiary/aromatic N) is 1. The van der Waals surface area contributed by atoms with Crippen LogP contribution in [0.15, 0.2) is 47.4 Å². The second kappa shape index (κ2) is 8.74. The molecule has 29 heavy (non-hydrogen) atoms. The molecule has 0 spiro atoms. The summed E-state index contributed by atoms with van der Waals surface area (Å²) in [4.78, 5) is 47.7. The van der Waals surface area contributed by atoms with E-state index in [0.717, 1.165) is 4.90 Å². The predicted molar refractivity (Wildman–Crippen MR) is 107 cm³/mol. The SMILES string of the molecule is C[C@H](OC(=O)c1ccc2c(c1)NC(=O)CCS2)C(=O)Nc1ccccc1[N+](=O)[O-]. The lowest BCUT2D eigenvalue weighted by molar-refractivity contribution is -0.383. The Morgan fingerprint density at radius 2 is 2.03 bits per heavy atom. The maximum atomic E-state index is 12.4. The van der Waals surface area contributed by atoms with Gasteiger partial charge in [-0.15, -0.1) is 11.8 Å². The number of nitrogens with one attached hydrogen (secondary N) is 2. The first-order valence-electron chi connectivity index (χ1n) is 8.67. The Morgan fingerprint density at radius 3 is 2.79 bits per heavy atom. The molecule has 1 aliphatic rings. The monoisotopic (exact) mass is 415 g/mol. The predicted octanol–water partition coefficient (Wildman–Crippen LogP) is 3.21. The Bertz CT molecular complexity index is 994. The summed E-state index contributed by atoms with van der Waals surface area (Å²) in [5.74, 6) is -0.947. The number of ether oxygens (including phenoxy) is 1. The number of benzene rings is 2. The number of carbonyl (C=O) groups excluding carboxylic acids is 3. The molecule has 2 amide bonds. The van der Waals surface area contributed by atoms with Crippen LogP contribution >= 0.6 is 11.8 Å². The second-order valence-electron chi connectivity index (χ2n) is 6.17. The molecule has 0 saturated heterocycles. The zero-order valence-corrected chi connectivity index (χ0v) is 16.2. The fourth-order valence-electron chi connectivity index (χ4n) is 2.60. The van der Waals surface area contributed by atoms with E-state index in [0.29, 0.717) is 17.9 Å². The van der Waals surface area contributed by atoms with Crippen LogP contribution in [0.4, 0.5) is 17.1 Å². The number of rotatable bonds is 5. The summed E-state index contributed by atoms with van der Waals surface area (Å²) in [5.41, 5.74) is 0.439. The van der Waals surface area contributed by atoms with Crippen molar-refractivity contribution in [2.45, 2.75) is 24.3 Å². The van der Waals surface area contributed by atoms with Crippen LogP contribution in [0.1, 0.15) is 23.7 Å². The van der Waals surface area contributed by atoms with Crippen LogP contribution in [0.25, 0.3) is 0 Å². The largest absolute Gasteiger partial charge is 0.449 e. The molecule has 150 valence electrons. The van der Waals surface area contributed by atoms with Crippen molar-refractivity contribution in [1.29, 1.82) is 0 Å². The van der Waals surface area contributed by atoms with E-state index in [9.17, 15) is 24.5 Å². The highest BCUT2D eigenvalue weighted by atomic mass is 32.2. The van der Waals surface area contributed by atoms with Gasteiger partial charge in [0.25, 0.3) is 11.6 Å². The molecule has 2 N–H and O–H groups in total. The molecule has 0 unspecified atom stereocenters. The Morgan fingerprint density at radius 1 is 1.28 bits per heavy atom. The number of hydrogen-bond donors (Lipinski definition) is 2. The normalized spacial score (nSPS) is 14.0. The fourth-order valence-corrected chi connectivity index (χ4v) is 3.54. The van der Waals surface area contributed by atoms with E-state index in [1.54, 1.807) is 18.2 Å². The number of para-hydroxylation sites is 2. The molecule has 1 aliphatic heterocycles. The Labute approximate surface area is 170 Å². The summed E-state index contributed by atoms with van der Waals surface area (Å²) in [7, 11) is 0. The quantitative estimate of drug-likeness (QED) is 0.436. The fraction of sp³-hybridized carbons (Fsp3) is 0.211. The molecule has 0 fully saturated rings. The lowest BCUT2D eigenvalue weighted by Gasteiger charge is -2.14. The van der Waals surface area contributed by atoms with E-state index in [-0.39, 0.29) is 22.8 Å². The summed E-state index contributed by atoms with van der Waals surface area (Å²) >= 11 is 1.50. The molecule has 2 aromatic carbocycles. The molecular formula is C19H17N3O6S. The smallest absolute Gasteiger partial charge is 0.338 e. The van der Waals surface area contributed by atoms with E-state index in [1.807, 2.05) is 0 Å². The number of nitro benzene ring substituents is 1. The lowest BCUT2D eigenvalue weighted by atomic mass is 10.2. The number of amides is 2. The molecule has 0 saturated carbocycles. The van der Waals surface area contributed by atoms with Crippen molar-refractivity contribution in [3.05, 3.63) is 58.1 Å². The average Bonchev–Trinajstić information content (AvgIpc) is 2.87. The summed E-state index contributed by atoms with van der Waals surface area (Å²) in [6, 6.07) is 10.4. The molecule has 1 atom stereocenters. The summed E-state index contributed by atoms with van der Waals surface area (Å²) in [6.45, 7) is 1.36. The molecule has 10 heteroatoms. The zero-order valence-electron chi connectivity index (χ0n) is 15.3. The maximum absolute atomic E-state index is 12.4. The number of anilines is 2.